The second kappa shape index (κ2) is 6.39. The number of anilines is 2. The van der Waals surface area contributed by atoms with E-state index in [1.165, 1.54) is 0 Å². The maximum absolute atomic E-state index is 8.92. The first kappa shape index (κ1) is 13.7. The van der Waals surface area contributed by atoms with Crippen molar-refractivity contribution in [2.24, 2.45) is 0 Å². The van der Waals surface area contributed by atoms with E-state index in [4.69, 9.17) is 5.11 Å². The predicted molar refractivity (Wildman–Crippen MR) is 70.5 cm³/mol. The van der Waals surface area contributed by atoms with E-state index in [1.54, 1.807) is 6.20 Å². The lowest BCUT2D eigenvalue weighted by Gasteiger charge is -2.28. The van der Waals surface area contributed by atoms with Crippen LogP contribution in [0.15, 0.2) is 12.3 Å². The third kappa shape index (κ3) is 3.85. The largest absolute Gasteiger partial charge is 0.396 e. The molecule has 0 fully saturated rings. The Morgan fingerprint density at radius 1 is 1.35 bits per heavy atom. The fraction of sp³-hybridized carbons (Fsp3) is 0.667. The quantitative estimate of drug-likeness (QED) is 0.805. The van der Waals surface area contributed by atoms with Gasteiger partial charge in [-0.25, -0.2) is 4.98 Å². The van der Waals surface area contributed by atoms with Gasteiger partial charge in [0.2, 0.25) is 5.95 Å². The maximum Gasteiger partial charge on any atom is 0.226 e. The van der Waals surface area contributed by atoms with E-state index in [9.17, 15) is 0 Å². The summed E-state index contributed by atoms with van der Waals surface area (Å²) in [6.07, 6.45) is 2.52. The zero-order valence-electron chi connectivity index (χ0n) is 11.1. The molecule has 5 heteroatoms. The minimum atomic E-state index is 0.203. The van der Waals surface area contributed by atoms with Gasteiger partial charge in [0.15, 0.2) is 0 Å². The van der Waals surface area contributed by atoms with Gasteiger partial charge in [-0.05, 0) is 26.3 Å². The second-order valence-electron chi connectivity index (χ2n) is 4.47. The Morgan fingerprint density at radius 2 is 2.06 bits per heavy atom. The molecule has 1 heterocycles. The molecule has 0 radical (unpaired) electrons. The Hall–Kier alpha value is -1.36. The van der Waals surface area contributed by atoms with Gasteiger partial charge in [0.05, 0.1) is 0 Å². The van der Waals surface area contributed by atoms with Gasteiger partial charge in [0.1, 0.15) is 5.82 Å². The molecule has 0 aliphatic heterocycles. The molecular formula is C12H22N4O. The maximum atomic E-state index is 8.92. The number of aliphatic hydroxyl groups is 1. The lowest BCUT2D eigenvalue weighted by atomic mass is 10.3. The van der Waals surface area contributed by atoms with E-state index in [2.05, 4.69) is 28.7 Å². The lowest BCUT2D eigenvalue weighted by molar-refractivity contribution is 0.288. The summed E-state index contributed by atoms with van der Waals surface area (Å²) in [6, 6.07) is 2.26. The predicted octanol–water partition coefficient (Wildman–Crippen LogP) is 1.14. The van der Waals surface area contributed by atoms with Crippen LogP contribution in [0.1, 0.15) is 20.3 Å². The number of aliphatic hydroxyl groups excluding tert-OH is 1. The Bertz CT molecular complexity index is 341. The summed E-state index contributed by atoms with van der Waals surface area (Å²) in [6.45, 7) is 5.25. The molecule has 17 heavy (non-hydrogen) atoms. The first-order valence-electron chi connectivity index (χ1n) is 5.94. The number of hydrogen-bond acceptors (Lipinski definition) is 5. The molecular weight excluding hydrogens is 216 g/mol. The molecule has 1 aromatic rings. The highest BCUT2D eigenvalue weighted by molar-refractivity contribution is 5.43. The van der Waals surface area contributed by atoms with Crippen LogP contribution in [0, 0.1) is 0 Å². The monoisotopic (exact) mass is 238 g/mol. The second-order valence-corrected chi connectivity index (χ2v) is 4.47. The summed E-state index contributed by atoms with van der Waals surface area (Å²) < 4.78 is 0. The van der Waals surface area contributed by atoms with Crippen molar-refractivity contribution in [2.75, 3.05) is 37.0 Å². The first-order valence-corrected chi connectivity index (χ1v) is 5.94. The van der Waals surface area contributed by atoms with Crippen LogP contribution in [0.25, 0.3) is 0 Å². The normalized spacial score (nSPS) is 10.7. The molecule has 1 aromatic heterocycles. The van der Waals surface area contributed by atoms with Crippen molar-refractivity contribution in [1.29, 1.82) is 0 Å². The molecule has 0 saturated heterocycles. The van der Waals surface area contributed by atoms with Crippen molar-refractivity contribution >= 4 is 11.8 Å². The molecule has 5 nitrogen and oxygen atoms in total. The fourth-order valence-electron chi connectivity index (χ4n) is 1.59. The van der Waals surface area contributed by atoms with Gasteiger partial charge in [-0.2, -0.15) is 4.98 Å². The first-order chi connectivity index (χ1) is 8.06. The number of rotatable bonds is 6. The summed E-state index contributed by atoms with van der Waals surface area (Å²) in [5.41, 5.74) is 0. The summed E-state index contributed by atoms with van der Waals surface area (Å²) >= 11 is 0. The molecule has 0 aliphatic rings. The van der Waals surface area contributed by atoms with Crippen molar-refractivity contribution in [3.05, 3.63) is 12.3 Å². The van der Waals surface area contributed by atoms with Gasteiger partial charge in [-0.1, -0.05) is 0 Å². The van der Waals surface area contributed by atoms with E-state index < -0.39 is 0 Å². The smallest absolute Gasteiger partial charge is 0.226 e. The van der Waals surface area contributed by atoms with Gasteiger partial charge in [-0.3, -0.25) is 0 Å². The third-order valence-electron chi connectivity index (χ3n) is 2.50. The molecule has 0 amide bonds. The standard InChI is InChI=1S/C12H22N4O/c1-10(2)16(8-5-9-17)11-6-7-13-12(14-11)15(3)4/h6-7,10,17H,5,8-9H2,1-4H3. The molecule has 1 rings (SSSR count). The minimum absolute atomic E-state index is 0.203. The lowest BCUT2D eigenvalue weighted by Crippen LogP contribution is -2.33. The SMILES string of the molecule is CC(C)N(CCCO)c1ccnc(N(C)C)n1. The summed E-state index contributed by atoms with van der Waals surface area (Å²) in [7, 11) is 3.85. The van der Waals surface area contributed by atoms with Crippen LogP contribution >= 0.6 is 0 Å². The molecule has 0 bridgehead atoms. The minimum Gasteiger partial charge on any atom is -0.396 e. The Morgan fingerprint density at radius 3 is 2.59 bits per heavy atom. The summed E-state index contributed by atoms with van der Waals surface area (Å²) in [5.74, 6) is 1.62. The number of nitrogens with zero attached hydrogens (tertiary/aromatic N) is 4. The van der Waals surface area contributed by atoms with Gasteiger partial charge in [-0.15, -0.1) is 0 Å². The highest BCUT2D eigenvalue weighted by Gasteiger charge is 2.12. The average Bonchev–Trinajstić information content (AvgIpc) is 2.29. The molecule has 0 aromatic carbocycles. The third-order valence-corrected chi connectivity index (χ3v) is 2.50. The highest BCUT2D eigenvalue weighted by atomic mass is 16.3. The van der Waals surface area contributed by atoms with E-state index in [0.717, 1.165) is 18.8 Å². The van der Waals surface area contributed by atoms with Crippen LogP contribution in [-0.4, -0.2) is 48.4 Å². The van der Waals surface area contributed by atoms with Crippen molar-refractivity contribution < 1.29 is 5.11 Å². The van der Waals surface area contributed by atoms with Crippen LogP contribution in [0.4, 0.5) is 11.8 Å². The van der Waals surface area contributed by atoms with Gasteiger partial charge >= 0.3 is 0 Å². The van der Waals surface area contributed by atoms with Crippen LogP contribution in [-0.2, 0) is 0 Å². The van der Waals surface area contributed by atoms with Gasteiger partial charge in [0.25, 0.3) is 0 Å². The van der Waals surface area contributed by atoms with E-state index in [0.29, 0.717) is 12.0 Å². The van der Waals surface area contributed by atoms with Crippen LogP contribution in [0.5, 0.6) is 0 Å². The average molecular weight is 238 g/mol. The fourth-order valence-corrected chi connectivity index (χ4v) is 1.59. The van der Waals surface area contributed by atoms with Gasteiger partial charge < -0.3 is 14.9 Å². The molecule has 0 unspecified atom stereocenters. The topological polar surface area (TPSA) is 52.5 Å². The van der Waals surface area contributed by atoms with E-state index in [1.807, 2.05) is 25.1 Å². The van der Waals surface area contributed by atoms with Gasteiger partial charge in [0, 0.05) is 39.5 Å². The van der Waals surface area contributed by atoms with Crippen LogP contribution < -0.4 is 9.80 Å². The molecule has 96 valence electrons. The summed E-state index contributed by atoms with van der Waals surface area (Å²) in [5, 5.41) is 8.92. The van der Waals surface area contributed by atoms with Crippen molar-refractivity contribution in [2.45, 2.75) is 26.3 Å². The number of hydrogen-bond donors (Lipinski definition) is 1. The molecule has 0 saturated carbocycles. The van der Waals surface area contributed by atoms with E-state index in [-0.39, 0.29) is 6.61 Å². The van der Waals surface area contributed by atoms with Crippen LogP contribution in [0.2, 0.25) is 0 Å². The summed E-state index contributed by atoms with van der Waals surface area (Å²) in [4.78, 5) is 12.8. The van der Waals surface area contributed by atoms with Crippen LogP contribution in [0.3, 0.4) is 0 Å². The Balaban J connectivity index is 2.89. The molecule has 1 N–H and O–H groups in total. The highest BCUT2D eigenvalue weighted by Crippen LogP contribution is 2.16. The van der Waals surface area contributed by atoms with Crippen molar-refractivity contribution in [1.82, 2.24) is 9.97 Å². The number of aromatic nitrogens is 2. The van der Waals surface area contributed by atoms with Crippen molar-refractivity contribution in [3.8, 4) is 0 Å². The molecule has 0 aliphatic carbocycles. The molecule has 0 spiro atoms. The zero-order valence-corrected chi connectivity index (χ0v) is 11.1. The van der Waals surface area contributed by atoms with E-state index >= 15 is 0 Å². The zero-order chi connectivity index (χ0) is 12.8. The molecule has 0 atom stereocenters. The Labute approximate surface area is 103 Å². The van der Waals surface area contributed by atoms with Crippen molar-refractivity contribution in [3.63, 3.8) is 0 Å². The Kier molecular flexibility index (Phi) is 5.15.